The smallest absolute Gasteiger partial charge is 0.325 e. The van der Waals surface area contributed by atoms with Crippen LogP contribution in [0.5, 0.6) is 5.75 Å². The fourth-order valence-electron chi connectivity index (χ4n) is 7.24. The number of benzene rings is 3. The third kappa shape index (κ3) is 6.90. The van der Waals surface area contributed by atoms with E-state index in [1.165, 1.54) is 20.3 Å². The van der Waals surface area contributed by atoms with Crippen molar-refractivity contribution in [3.8, 4) is 28.0 Å². The van der Waals surface area contributed by atoms with Crippen LogP contribution in [0.1, 0.15) is 72.0 Å². The Bertz CT molecular complexity index is 1920. The number of carbonyl (C=O) groups excluding carboxylic acids is 2. The maximum Gasteiger partial charge on any atom is 0.325 e. The zero-order valence-corrected chi connectivity index (χ0v) is 29.6. The molecular formula is C39H46FN5O5. The number of anilines is 1. The molecule has 0 bridgehead atoms. The van der Waals surface area contributed by atoms with Gasteiger partial charge in [-0.3, -0.25) is 24.5 Å². The first-order chi connectivity index (χ1) is 23.9. The number of hydrogen-bond donors (Lipinski definition) is 3. The van der Waals surface area contributed by atoms with Gasteiger partial charge in [0.2, 0.25) is 0 Å². The number of hydrogen-bond acceptors (Lipinski definition) is 8. The van der Waals surface area contributed by atoms with Crippen LogP contribution in [0.2, 0.25) is 0 Å². The molecule has 3 heterocycles. The quantitative estimate of drug-likeness (QED) is 0.170. The Labute approximate surface area is 292 Å². The molecule has 2 aliphatic heterocycles. The molecule has 1 aromatic heterocycles. The van der Waals surface area contributed by atoms with E-state index in [2.05, 4.69) is 20.6 Å². The summed E-state index contributed by atoms with van der Waals surface area (Å²) in [6, 6.07) is 17.1. The van der Waals surface area contributed by atoms with Crippen molar-refractivity contribution in [2.75, 3.05) is 32.6 Å². The lowest BCUT2D eigenvalue weighted by Gasteiger charge is -2.31. The highest BCUT2D eigenvalue weighted by Crippen LogP contribution is 2.38. The molecule has 0 spiro atoms. The fraction of sp³-hybridized carbons (Fsp3) is 0.410. The van der Waals surface area contributed by atoms with Crippen LogP contribution in [-0.4, -0.2) is 70.6 Å². The number of methoxy groups -OCH3 is 2. The molecular weight excluding hydrogens is 637 g/mol. The van der Waals surface area contributed by atoms with Gasteiger partial charge in [-0.15, -0.1) is 0 Å². The van der Waals surface area contributed by atoms with E-state index in [0.717, 1.165) is 65.9 Å². The number of β-amino-alcohol motifs (C(OH)–C–C–N with tert-alkyl or cyclic N) is 1. The zero-order chi connectivity index (χ0) is 35.7. The van der Waals surface area contributed by atoms with Crippen molar-refractivity contribution < 1.29 is 28.6 Å². The van der Waals surface area contributed by atoms with Gasteiger partial charge in [-0.25, -0.2) is 4.39 Å². The van der Waals surface area contributed by atoms with Crippen molar-refractivity contribution in [3.63, 3.8) is 0 Å². The minimum absolute atomic E-state index is 0.0683. The van der Waals surface area contributed by atoms with Gasteiger partial charge in [0.25, 0.3) is 5.91 Å². The monoisotopic (exact) mass is 683 g/mol. The number of carbonyl (C=O) groups is 2. The van der Waals surface area contributed by atoms with Crippen molar-refractivity contribution >= 4 is 17.6 Å². The Morgan fingerprint density at radius 1 is 1.00 bits per heavy atom. The maximum atomic E-state index is 15.7. The number of nitrogens with zero attached hydrogens (tertiary/aromatic N) is 3. The first-order valence-electron chi connectivity index (χ1n) is 17.1. The number of aliphatic hydroxyl groups is 1. The Morgan fingerprint density at radius 2 is 1.72 bits per heavy atom. The van der Waals surface area contributed by atoms with Gasteiger partial charge in [0.15, 0.2) is 5.69 Å². The number of aliphatic hydroxyl groups excluding tert-OH is 1. The Kier molecular flexibility index (Phi) is 10.1. The van der Waals surface area contributed by atoms with Gasteiger partial charge in [0.05, 0.1) is 32.1 Å². The van der Waals surface area contributed by atoms with Gasteiger partial charge < -0.3 is 19.9 Å². The van der Waals surface area contributed by atoms with Crippen LogP contribution < -0.4 is 15.4 Å². The molecule has 3 N–H and O–H groups in total. The van der Waals surface area contributed by atoms with E-state index in [4.69, 9.17) is 9.47 Å². The Balaban J connectivity index is 1.25. The maximum absolute atomic E-state index is 15.7. The SMILES string of the molecule is COC(=O)C(C)(C)NCc1c(F)cc(-c2cccc(-c3cccc(NC(=O)c4cc5n(n4)CCCC5N4CC[C@@H](O)C4)c3C)c2C)cc1OC. The number of rotatable bonds is 10. The summed E-state index contributed by atoms with van der Waals surface area (Å²) in [5, 5.41) is 20.9. The second-order valence-electron chi connectivity index (χ2n) is 13.8. The van der Waals surface area contributed by atoms with Gasteiger partial charge in [-0.2, -0.15) is 5.10 Å². The van der Waals surface area contributed by atoms with E-state index in [-0.39, 0.29) is 24.6 Å². The third-order valence-electron chi connectivity index (χ3n) is 10.2. The highest BCUT2D eigenvalue weighted by molar-refractivity contribution is 6.04. The van der Waals surface area contributed by atoms with E-state index >= 15 is 4.39 Å². The van der Waals surface area contributed by atoms with E-state index < -0.39 is 17.3 Å². The van der Waals surface area contributed by atoms with Crippen molar-refractivity contribution in [2.24, 2.45) is 0 Å². The topological polar surface area (TPSA) is 118 Å². The average molecular weight is 684 g/mol. The molecule has 11 heteroatoms. The normalized spacial score (nSPS) is 17.8. The fourth-order valence-corrected chi connectivity index (χ4v) is 7.24. The van der Waals surface area contributed by atoms with Crippen LogP contribution in [0.15, 0.2) is 54.6 Å². The number of amides is 1. The van der Waals surface area contributed by atoms with Crippen LogP contribution >= 0.6 is 0 Å². The lowest BCUT2D eigenvalue weighted by molar-refractivity contribution is -0.147. The summed E-state index contributed by atoms with van der Waals surface area (Å²) in [6.07, 6.45) is 2.42. The lowest BCUT2D eigenvalue weighted by atomic mass is 9.90. The second-order valence-corrected chi connectivity index (χ2v) is 13.8. The number of halogens is 1. The van der Waals surface area contributed by atoms with Crippen LogP contribution in [0.3, 0.4) is 0 Å². The predicted octanol–water partition coefficient (Wildman–Crippen LogP) is 6.18. The van der Waals surface area contributed by atoms with Gasteiger partial charge in [0, 0.05) is 37.4 Å². The van der Waals surface area contributed by atoms with Crippen molar-refractivity contribution in [1.29, 1.82) is 0 Å². The van der Waals surface area contributed by atoms with Crippen LogP contribution in [-0.2, 0) is 22.6 Å². The van der Waals surface area contributed by atoms with Crippen molar-refractivity contribution in [3.05, 3.63) is 88.5 Å². The number of aryl methyl sites for hydroxylation is 1. The molecule has 6 rings (SSSR count). The highest BCUT2D eigenvalue weighted by Gasteiger charge is 2.33. The Hall–Kier alpha value is -4.58. The van der Waals surface area contributed by atoms with Gasteiger partial charge in [-0.05, 0) is 105 Å². The predicted molar refractivity (Wildman–Crippen MR) is 191 cm³/mol. The number of fused-ring (bicyclic) bond motifs is 1. The molecule has 264 valence electrons. The van der Waals surface area contributed by atoms with Gasteiger partial charge in [0.1, 0.15) is 17.1 Å². The van der Waals surface area contributed by atoms with Crippen LogP contribution in [0.4, 0.5) is 10.1 Å². The van der Waals surface area contributed by atoms with Crippen LogP contribution in [0.25, 0.3) is 22.3 Å². The molecule has 1 saturated heterocycles. The minimum Gasteiger partial charge on any atom is -0.496 e. The molecule has 1 fully saturated rings. The summed E-state index contributed by atoms with van der Waals surface area (Å²) in [7, 11) is 2.81. The molecule has 2 aliphatic rings. The molecule has 10 nitrogen and oxygen atoms in total. The third-order valence-corrected chi connectivity index (χ3v) is 10.2. The number of aromatic nitrogens is 2. The molecule has 2 atom stereocenters. The summed E-state index contributed by atoms with van der Waals surface area (Å²) < 4.78 is 28.1. The average Bonchev–Trinajstić information content (AvgIpc) is 3.74. The summed E-state index contributed by atoms with van der Waals surface area (Å²) in [6.45, 7) is 9.65. The number of ether oxygens (including phenoxy) is 2. The van der Waals surface area contributed by atoms with E-state index in [9.17, 15) is 14.7 Å². The van der Waals surface area contributed by atoms with E-state index in [1.807, 2.05) is 67.1 Å². The molecule has 0 radical (unpaired) electrons. The summed E-state index contributed by atoms with van der Waals surface area (Å²) in [4.78, 5) is 28.0. The molecule has 4 aromatic rings. The zero-order valence-electron chi connectivity index (χ0n) is 29.6. The van der Waals surface area contributed by atoms with Crippen molar-refractivity contribution in [2.45, 2.75) is 77.7 Å². The first-order valence-corrected chi connectivity index (χ1v) is 17.1. The highest BCUT2D eigenvalue weighted by atomic mass is 19.1. The number of nitrogens with one attached hydrogen (secondary N) is 2. The number of likely N-dealkylation sites (tertiary alicyclic amines) is 1. The molecule has 0 aliphatic carbocycles. The van der Waals surface area contributed by atoms with E-state index in [0.29, 0.717) is 34.8 Å². The lowest BCUT2D eigenvalue weighted by Crippen LogP contribution is -2.47. The van der Waals surface area contributed by atoms with Gasteiger partial charge in [-0.1, -0.05) is 30.3 Å². The summed E-state index contributed by atoms with van der Waals surface area (Å²) >= 11 is 0. The largest absolute Gasteiger partial charge is 0.496 e. The number of esters is 1. The first kappa shape index (κ1) is 35.3. The summed E-state index contributed by atoms with van der Waals surface area (Å²) in [5.74, 6) is -0.814. The van der Waals surface area contributed by atoms with Crippen molar-refractivity contribution in [1.82, 2.24) is 20.0 Å². The molecule has 0 saturated carbocycles. The molecule has 1 unspecified atom stereocenters. The second kappa shape index (κ2) is 14.3. The minimum atomic E-state index is -1.01. The standard InChI is InChI=1S/C39H46FN5O5/c1-23-27(25-18-31(40)30(36(19-25)49-5)21-41-39(3,4)38(48)50-6)10-7-11-28(23)29-12-8-13-32(24(29)2)42-37(47)33-20-35-34(14-9-16-45(35)43-33)44-17-15-26(46)22-44/h7-8,10-13,18-20,26,34,41,46H,9,14-17,21-22H2,1-6H3,(H,42,47)/t26-,34?/m1/s1. The van der Waals surface area contributed by atoms with Crippen LogP contribution in [0, 0.1) is 19.7 Å². The summed E-state index contributed by atoms with van der Waals surface area (Å²) in [5.41, 5.74) is 6.60. The Morgan fingerprint density at radius 3 is 2.42 bits per heavy atom. The van der Waals surface area contributed by atoms with Gasteiger partial charge >= 0.3 is 5.97 Å². The molecule has 50 heavy (non-hydrogen) atoms. The molecule has 3 aromatic carbocycles. The van der Waals surface area contributed by atoms with E-state index in [1.54, 1.807) is 13.8 Å². The molecule has 1 amide bonds.